The predicted molar refractivity (Wildman–Crippen MR) is 115 cm³/mol. The molecule has 1 atom stereocenters. The number of alkyl halides is 2. The number of fused-ring (bicyclic) bond motifs is 1. The van der Waals surface area contributed by atoms with Gasteiger partial charge < -0.3 is 28.6 Å². The summed E-state index contributed by atoms with van der Waals surface area (Å²) >= 11 is 0. The molecule has 34 heavy (non-hydrogen) atoms. The molecule has 1 aliphatic rings. The second-order valence-corrected chi connectivity index (χ2v) is 8.73. The number of para-hydroxylation sites is 1. The first-order chi connectivity index (χ1) is 15.9. The molecule has 0 saturated carbocycles. The van der Waals surface area contributed by atoms with E-state index in [9.17, 15) is 28.2 Å². The predicted octanol–water partition coefficient (Wildman–Crippen LogP) is 2.66. The number of amides is 1. The van der Waals surface area contributed by atoms with Gasteiger partial charge in [0.15, 0.2) is 18.1 Å². The van der Waals surface area contributed by atoms with E-state index in [2.05, 4.69) is 5.32 Å². The molecule has 2 aromatic rings. The summed E-state index contributed by atoms with van der Waals surface area (Å²) in [5.74, 6) is -5.50. The molecule has 1 aliphatic heterocycles. The van der Waals surface area contributed by atoms with Gasteiger partial charge in [-0.2, -0.15) is 0 Å². The summed E-state index contributed by atoms with van der Waals surface area (Å²) in [4.78, 5) is 36.1. The van der Waals surface area contributed by atoms with Crippen molar-refractivity contribution >= 4 is 19.0 Å². The van der Waals surface area contributed by atoms with Crippen LogP contribution in [0.3, 0.4) is 0 Å². The lowest BCUT2D eigenvalue weighted by Crippen LogP contribution is -2.53. The van der Waals surface area contributed by atoms with Crippen LogP contribution in [0.4, 0.5) is 8.78 Å². The largest absolute Gasteiger partial charge is 0.547 e. The SMILES string of the molecule is CC(C)Cc1oc(=O)oc1COC(=O)c1cccc2c1OB(O)[C@@H](NC(=O)CCC(C)(F)F)C2. The number of nitrogens with one attached hydrogen (secondary N) is 1. The third kappa shape index (κ3) is 6.69. The second-order valence-electron chi connectivity index (χ2n) is 8.73. The van der Waals surface area contributed by atoms with E-state index in [-0.39, 0.29) is 36.0 Å². The Bertz CT molecular complexity index is 1090. The van der Waals surface area contributed by atoms with Gasteiger partial charge in [0.1, 0.15) is 11.3 Å². The molecule has 0 radical (unpaired) electrons. The summed E-state index contributed by atoms with van der Waals surface area (Å²) in [7, 11) is -1.50. The molecule has 0 spiro atoms. The lowest BCUT2D eigenvalue weighted by molar-refractivity contribution is -0.123. The first kappa shape index (κ1) is 25.5. The minimum Gasteiger partial charge on any atom is -0.534 e. The molecule has 1 aromatic heterocycles. The summed E-state index contributed by atoms with van der Waals surface area (Å²) in [5, 5.41) is 12.8. The zero-order valence-electron chi connectivity index (χ0n) is 19.1. The average Bonchev–Trinajstić information content (AvgIpc) is 3.08. The smallest absolute Gasteiger partial charge is 0.534 e. The van der Waals surface area contributed by atoms with E-state index in [4.69, 9.17) is 18.2 Å². The summed E-state index contributed by atoms with van der Waals surface area (Å²) in [6.45, 7) is 4.24. The van der Waals surface area contributed by atoms with E-state index in [0.717, 1.165) is 6.92 Å². The van der Waals surface area contributed by atoms with Crippen molar-refractivity contribution in [3.05, 3.63) is 51.5 Å². The summed E-state index contributed by atoms with van der Waals surface area (Å²) in [5.41, 5.74) is 0.546. The molecule has 2 N–H and O–H groups in total. The Balaban J connectivity index is 1.67. The zero-order valence-corrected chi connectivity index (χ0v) is 19.1. The topological polar surface area (TPSA) is 128 Å². The summed E-state index contributed by atoms with van der Waals surface area (Å²) < 4.78 is 46.7. The summed E-state index contributed by atoms with van der Waals surface area (Å²) in [6.07, 6.45) is -0.488. The van der Waals surface area contributed by atoms with Crippen LogP contribution in [-0.4, -0.2) is 35.9 Å². The van der Waals surface area contributed by atoms with Gasteiger partial charge in [0.25, 0.3) is 0 Å². The standard InChI is InChI=1S/C22H26BF2NO8/c1-12(2)9-15-16(33-21(29)32-15)11-31-20(28)14-6-4-5-13-10-17(23(30)34-19(13)14)26-18(27)7-8-22(3,24)25/h4-6,12,17,30H,7-11H2,1-3H3,(H,26,27)/t17-/m0/s1. The minimum absolute atomic E-state index is 0.0307. The van der Waals surface area contributed by atoms with Gasteiger partial charge in [0, 0.05) is 19.3 Å². The van der Waals surface area contributed by atoms with E-state index in [1.54, 1.807) is 12.1 Å². The van der Waals surface area contributed by atoms with Crippen molar-refractivity contribution in [2.45, 2.75) is 64.9 Å². The highest BCUT2D eigenvalue weighted by atomic mass is 19.3. The molecule has 0 bridgehead atoms. The van der Waals surface area contributed by atoms with Crippen LogP contribution in [-0.2, 0) is 29.0 Å². The number of benzene rings is 1. The van der Waals surface area contributed by atoms with Gasteiger partial charge >= 0.3 is 18.9 Å². The van der Waals surface area contributed by atoms with Gasteiger partial charge in [-0.1, -0.05) is 26.0 Å². The van der Waals surface area contributed by atoms with Gasteiger partial charge in [-0.05, 0) is 30.9 Å². The molecule has 184 valence electrons. The van der Waals surface area contributed by atoms with Crippen molar-refractivity contribution in [3.63, 3.8) is 0 Å². The van der Waals surface area contributed by atoms with Crippen LogP contribution in [0.25, 0.3) is 0 Å². The second kappa shape index (κ2) is 10.4. The first-order valence-corrected chi connectivity index (χ1v) is 10.9. The number of rotatable bonds is 9. The van der Waals surface area contributed by atoms with E-state index in [0.29, 0.717) is 17.7 Å². The van der Waals surface area contributed by atoms with Crippen LogP contribution >= 0.6 is 0 Å². The van der Waals surface area contributed by atoms with Gasteiger partial charge in [-0.15, -0.1) is 0 Å². The van der Waals surface area contributed by atoms with E-state index in [1.165, 1.54) is 6.07 Å². The molecule has 0 unspecified atom stereocenters. The molecular weight excluding hydrogens is 455 g/mol. The fourth-order valence-electron chi connectivity index (χ4n) is 3.50. The van der Waals surface area contributed by atoms with E-state index in [1.807, 2.05) is 13.8 Å². The molecule has 9 nitrogen and oxygen atoms in total. The molecule has 0 fully saturated rings. The fourth-order valence-corrected chi connectivity index (χ4v) is 3.50. The maximum atomic E-state index is 13.0. The van der Waals surface area contributed by atoms with Crippen LogP contribution in [0.1, 0.15) is 61.1 Å². The van der Waals surface area contributed by atoms with Gasteiger partial charge in [0.2, 0.25) is 11.8 Å². The normalized spacial score (nSPS) is 15.6. The third-order valence-corrected chi connectivity index (χ3v) is 5.13. The van der Waals surface area contributed by atoms with Crippen molar-refractivity contribution in [2.75, 3.05) is 0 Å². The van der Waals surface area contributed by atoms with Gasteiger partial charge in [0.05, 0.1) is 5.94 Å². The average molecular weight is 481 g/mol. The van der Waals surface area contributed by atoms with Crippen LogP contribution in [0, 0.1) is 5.92 Å². The van der Waals surface area contributed by atoms with Crippen LogP contribution in [0.2, 0.25) is 0 Å². The van der Waals surface area contributed by atoms with E-state index >= 15 is 0 Å². The Labute approximate surface area is 194 Å². The number of hydrogen-bond donors (Lipinski definition) is 2. The Morgan fingerprint density at radius 3 is 2.68 bits per heavy atom. The van der Waals surface area contributed by atoms with Crippen molar-refractivity contribution < 1.29 is 41.6 Å². The van der Waals surface area contributed by atoms with Crippen molar-refractivity contribution in [2.24, 2.45) is 5.92 Å². The Hall–Kier alpha value is -3.15. The van der Waals surface area contributed by atoms with Crippen LogP contribution in [0.15, 0.2) is 31.8 Å². The summed E-state index contributed by atoms with van der Waals surface area (Å²) in [6, 6.07) is 4.67. The highest BCUT2D eigenvalue weighted by molar-refractivity contribution is 6.47. The Morgan fingerprint density at radius 2 is 2.00 bits per heavy atom. The highest BCUT2D eigenvalue weighted by Crippen LogP contribution is 2.31. The lowest BCUT2D eigenvalue weighted by Gasteiger charge is -2.29. The van der Waals surface area contributed by atoms with Crippen LogP contribution in [0.5, 0.6) is 5.75 Å². The zero-order chi connectivity index (χ0) is 25.0. The van der Waals surface area contributed by atoms with Crippen molar-refractivity contribution in [1.82, 2.24) is 5.32 Å². The van der Waals surface area contributed by atoms with Gasteiger partial charge in [-0.3, -0.25) is 4.79 Å². The molecule has 12 heteroatoms. The number of carbonyl (C=O) groups is 2. The Kier molecular flexibility index (Phi) is 7.80. The molecule has 1 amide bonds. The number of esters is 1. The number of carbonyl (C=O) groups excluding carboxylic acids is 2. The monoisotopic (exact) mass is 481 g/mol. The molecular formula is C22H26BF2NO8. The minimum atomic E-state index is -2.98. The molecule has 0 saturated heterocycles. The molecule has 1 aromatic carbocycles. The third-order valence-electron chi connectivity index (χ3n) is 5.13. The van der Waals surface area contributed by atoms with E-state index < -0.39 is 49.5 Å². The fraction of sp³-hybridized carbons (Fsp3) is 0.500. The number of halogens is 2. The molecule has 3 rings (SSSR count). The quantitative estimate of drug-likeness (QED) is 0.414. The Morgan fingerprint density at radius 1 is 1.29 bits per heavy atom. The van der Waals surface area contributed by atoms with Gasteiger partial charge in [-0.25, -0.2) is 18.4 Å². The van der Waals surface area contributed by atoms with Crippen molar-refractivity contribution in [1.29, 1.82) is 0 Å². The van der Waals surface area contributed by atoms with Crippen LogP contribution < -0.4 is 15.8 Å². The highest BCUT2D eigenvalue weighted by Gasteiger charge is 2.38. The maximum absolute atomic E-state index is 13.0. The first-order valence-electron chi connectivity index (χ1n) is 10.9. The lowest BCUT2D eigenvalue weighted by atomic mass is 9.72. The molecule has 0 aliphatic carbocycles. The maximum Gasteiger partial charge on any atom is 0.547 e. The number of ether oxygens (including phenoxy) is 1. The number of hydrogen-bond acceptors (Lipinski definition) is 8. The molecule has 2 heterocycles. The van der Waals surface area contributed by atoms with Crippen molar-refractivity contribution in [3.8, 4) is 5.75 Å².